The summed E-state index contributed by atoms with van der Waals surface area (Å²) in [7, 11) is 0. The minimum absolute atomic E-state index is 0.770. The molecule has 2 rings (SSSR count). The fourth-order valence-electron chi connectivity index (χ4n) is 2.24. The Labute approximate surface area is 97.1 Å². The molecule has 0 bridgehead atoms. The molecular weight excluding hydrogens is 196 g/mol. The lowest BCUT2D eigenvalue weighted by Gasteiger charge is -2.04. The zero-order valence-corrected chi connectivity index (χ0v) is 10.2. The standard InChI is InChI=1S/C14H20N2/c1-3-16-10-11(2)13-7-6-12(5-4-8-15)9-14(13)16/h6-7,9-10H,3-5,8,15H2,1-2H3. The van der Waals surface area contributed by atoms with Crippen molar-refractivity contribution >= 4 is 10.9 Å². The maximum atomic E-state index is 5.54. The second-order valence-electron chi connectivity index (χ2n) is 4.34. The van der Waals surface area contributed by atoms with Gasteiger partial charge in [0.05, 0.1) is 0 Å². The predicted molar refractivity (Wildman–Crippen MR) is 69.7 cm³/mol. The number of rotatable bonds is 4. The molecule has 2 heteroatoms. The summed E-state index contributed by atoms with van der Waals surface area (Å²) in [5.74, 6) is 0. The van der Waals surface area contributed by atoms with Crippen LogP contribution in [0.25, 0.3) is 10.9 Å². The molecule has 2 nitrogen and oxygen atoms in total. The molecular formula is C14H20N2. The Morgan fingerprint density at radius 2 is 2.12 bits per heavy atom. The summed E-state index contributed by atoms with van der Waals surface area (Å²) in [4.78, 5) is 0. The Kier molecular flexibility index (Phi) is 3.30. The van der Waals surface area contributed by atoms with Crippen molar-refractivity contribution in [2.75, 3.05) is 6.54 Å². The van der Waals surface area contributed by atoms with Crippen molar-refractivity contribution in [3.63, 3.8) is 0 Å². The van der Waals surface area contributed by atoms with E-state index in [9.17, 15) is 0 Å². The number of nitrogens with two attached hydrogens (primary N) is 1. The van der Waals surface area contributed by atoms with Gasteiger partial charge in [0.25, 0.3) is 0 Å². The molecule has 0 saturated heterocycles. The van der Waals surface area contributed by atoms with Crippen LogP contribution in [0.2, 0.25) is 0 Å². The van der Waals surface area contributed by atoms with E-state index in [1.165, 1.54) is 22.0 Å². The maximum absolute atomic E-state index is 5.54. The zero-order chi connectivity index (χ0) is 11.5. The summed E-state index contributed by atoms with van der Waals surface area (Å²) in [6.07, 6.45) is 4.38. The fraction of sp³-hybridized carbons (Fsp3) is 0.429. The lowest BCUT2D eigenvalue weighted by atomic mass is 10.1. The van der Waals surface area contributed by atoms with Gasteiger partial charge in [-0.25, -0.2) is 0 Å². The molecule has 0 fully saturated rings. The molecule has 2 aromatic rings. The second-order valence-corrected chi connectivity index (χ2v) is 4.34. The minimum atomic E-state index is 0.770. The first-order chi connectivity index (χ1) is 7.76. The molecule has 0 aliphatic carbocycles. The summed E-state index contributed by atoms with van der Waals surface area (Å²) < 4.78 is 2.32. The van der Waals surface area contributed by atoms with Crippen molar-refractivity contribution in [2.24, 2.45) is 5.73 Å². The van der Waals surface area contributed by atoms with E-state index < -0.39 is 0 Å². The van der Waals surface area contributed by atoms with Crippen LogP contribution in [0.4, 0.5) is 0 Å². The summed E-state index contributed by atoms with van der Waals surface area (Å²) in [5, 5.41) is 1.37. The molecule has 0 spiro atoms. The SMILES string of the molecule is CCn1cc(C)c2ccc(CCCN)cc21. The van der Waals surface area contributed by atoms with Crippen LogP contribution in [-0.2, 0) is 13.0 Å². The lowest BCUT2D eigenvalue weighted by molar-refractivity contribution is 0.792. The molecule has 16 heavy (non-hydrogen) atoms. The maximum Gasteiger partial charge on any atom is 0.0485 e. The fourth-order valence-corrected chi connectivity index (χ4v) is 2.24. The molecule has 0 radical (unpaired) electrons. The molecule has 0 atom stereocenters. The van der Waals surface area contributed by atoms with Gasteiger partial charge in [0.2, 0.25) is 0 Å². The van der Waals surface area contributed by atoms with Crippen LogP contribution in [0, 0.1) is 6.92 Å². The minimum Gasteiger partial charge on any atom is -0.347 e. The molecule has 0 unspecified atom stereocenters. The normalized spacial score (nSPS) is 11.2. The van der Waals surface area contributed by atoms with Gasteiger partial charge in [-0.15, -0.1) is 0 Å². The van der Waals surface area contributed by atoms with E-state index in [1.807, 2.05) is 0 Å². The number of benzene rings is 1. The number of aryl methyl sites for hydroxylation is 3. The number of fused-ring (bicyclic) bond motifs is 1. The summed E-state index contributed by atoms with van der Waals surface area (Å²) in [6, 6.07) is 6.77. The lowest BCUT2D eigenvalue weighted by Crippen LogP contribution is -2.00. The summed E-state index contributed by atoms with van der Waals surface area (Å²) in [5.41, 5.74) is 9.66. The van der Waals surface area contributed by atoms with Gasteiger partial charge in [-0.05, 0) is 50.4 Å². The van der Waals surface area contributed by atoms with Gasteiger partial charge < -0.3 is 10.3 Å². The monoisotopic (exact) mass is 216 g/mol. The van der Waals surface area contributed by atoms with Crippen molar-refractivity contribution in [3.8, 4) is 0 Å². The van der Waals surface area contributed by atoms with Crippen molar-refractivity contribution in [1.29, 1.82) is 0 Å². The number of nitrogens with zero attached hydrogens (tertiary/aromatic N) is 1. The van der Waals surface area contributed by atoms with Crippen LogP contribution in [0.15, 0.2) is 24.4 Å². The van der Waals surface area contributed by atoms with Crippen molar-refractivity contribution in [2.45, 2.75) is 33.2 Å². The van der Waals surface area contributed by atoms with E-state index in [0.29, 0.717) is 0 Å². The van der Waals surface area contributed by atoms with Gasteiger partial charge in [-0.3, -0.25) is 0 Å². The molecule has 0 amide bonds. The van der Waals surface area contributed by atoms with Gasteiger partial charge in [-0.1, -0.05) is 12.1 Å². The van der Waals surface area contributed by atoms with Gasteiger partial charge in [0, 0.05) is 23.6 Å². The van der Waals surface area contributed by atoms with Crippen LogP contribution in [0.1, 0.15) is 24.5 Å². The van der Waals surface area contributed by atoms with Crippen LogP contribution in [0.3, 0.4) is 0 Å². The molecule has 1 aromatic heterocycles. The van der Waals surface area contributed by atoms with Gasteiger partial charge in [-0.2, -0.15) is 0 Å². The number of hydrogen-bond donors (Lipinski definition) is 1. The van der Waals surface area contributed by atoms with Crippen molar-refractivity contribution in [3.05, 3.63) is 35.5 Å². The van der Waals surface area contributed by atoms with E-state index in [2.05, 4.69) is 42.8 Å². The molecule has 0 aliphatic heterocycles. The average molecular weight is 216 g/mol. The van der Waals surface area contributed by atoms with E-state index >= 15 is 0 Å². The third kappa shape index (κ3) is 1.98. The Morgan fingerprint density at radius 1 is 1.31 bits per heavy atom. The smallest absolute Gasteiger partial charge is 0.0485 e. The predicted octanol–water partition coefficient (Wildman–Crippen LogP) is 2.86. The van der Waals surface area contributed by atoms with Gasteiger partial charge in [0.1, 0.15) is 0 Å². The molecule has 1 heterocycles. The Morgan fingerprint density at radius 3 is 2.81 bits per heavy atom. The van der Waals surface area contributed by atoms with E-state index in [1.54, 1.807) is 0 Å². The zero-order valence-electron chi connectivity index (χ0n) is 10.2. The third-order valence-corrected chi connectivity index (χ3v) is 3.16. The average Bonchev–Trinajstić information content (AvgIpc) is 2.63. The van der Waals surface area contributed by atoms with Crippen LogP contribution < -0.4 is 5.73 Å². The highest BCUT2D eigenvalue weighted by Gasteiger charge is 2.04. The first kappa shape index (κ1) is 11.2. The molecule has 2 N–H and O–H groups in total. The van der Waals surface area contributed by atoms with Crippen molar-refractivity contribution in [1.82, 2.24) is 4.57 Å². The Balaban J connectivity index is 2.43. The van der Waals surface area contributed by atoms with Gasteiger partial charge in [0.15, 0.2) is 0 Å². The summed E-state index contributed by atoms with van der Waals surface area (Å²) >= 11 is 0. The quantitative estimate of drug-likeness (QED) is 0.837. The topological polar surface area (TPSA) is 30.9 Å². The highest BCUT2D eigenvalue weighted by atomic mass is 14.9. The van der Waals surface area contributed by atoms with Crippen LogP contribution >= 0.6 is 0 Å². The molecule has 0 saturated carbocycles. The largest absolute Gasteiger partial charge is 0.347 e. The highest BCUT2D eigenvalue weighted by Crippen LogP contribution is 2.22. The van der Waals surface area contributed by atoms with E-state index in [4.69, 9.17) is 5.73 Å². The van der Waals surface area contributed by atoms with Gasteiger partial charge >= 0.3 is 0 Å². The van der Waals surface area contributed by atoms with Crippen LogP contribution in [0.5, 0.6) is 0 Å². The Bertz CT molecular complexity index is 483. The van der Waals surface area contributed by atoms with Crippen LogP contribution in [-0.4, -0.2) is 11.1 Å². The first-order valence-electron chi connectivity index (χ1n) is 6.04. The molecule has 1 aromatic carbocycles. The van der Waals surface area contributed by atoms with E-state index in [-0.39, 0.29) is 0 Å². The van der Waals surface area contributed by atoms with Crippen molar-refractivity contribution < 1.29 is 0 Å². The second kappa shape index (κ2) is 4.71. The first-order valence-corrected chi connectivity index (χ1v) is 6.04. The third-order valence-electron chi connectivity index (χ3n) is 3.16. The number of aromatic nitrogens is 1. The summed E-state index contributed by atoms with van der Waals surface area (Å²) in [6.45, 7) is 6.16. The highest BCUT2D eigenvalue weighted by molar-refractivity contribution is 5.84. The van der Waals surface area contributed by atoms with E-state index in [0.717, 1.165) is 25.9 Å². The molecule has 0 aliphatic rings. The number of hydrogen-bond acceptors (Lipinski definition) is 1. The molecule has 86 valence electrons. The Hall–Kier alpha value is -1.28.